The summed E-state index contributed by atoms with van der Waals surface area (Å²) in [7, 11) is 0. The van der Waals surface area contributed by atoms with Gasteiger partial charge in [0.2, 0.25) is 0 Å². The van der Waals surface area contributed by atoms with Crippen LogP contribution < -0.4 is 11.3 Å². The predicted octanol–water partition coefficient (Wildman–Crippen LogP) is 1.96. The maximum absolute atomic E-state index is 5.88. The molecule has 1 aromatic heterocycles. The average Bonchev–Trinajstić information content (AvgIpc) is 2.84. The largest absolute Gasteiger partial charge is 0.335 e. The third-order valence-electron chi connectivity index (χ3n) is 6.14. The van der Waals surface area contributed by atoms with Crippen molar-refractivity contribution in [3.05, 3.63) is 18.2 Å². The highest BCUT2D eigenvalue weighted by molar-refractivity contribution is 5.16. The van der Waals surface area contributed by atoms with Crippen LogP contribution in [0.2, 0.25) is 0 Å². The van der Waals surface area contributed by atoms with Gasteiger partial charge >= 0.3 is 0 Å². The number of imidazole rings is 1. The molecular weight excluding hydrogens is 248 g/mol. The van der Waals surface area contributed by atoms with E-state index in [0.717, 1.165) is 49.0 Å². The minimum absolute atomic E-state index is 0.423. The fraction of sp³-hybridized carbons (Fsp3) is 0.812. The highest BCUT2D eigenvalue weighted by Crippen LogP contribution is 2.70. The van der Waals surface area contributed by atoms with Gasteiger partial charge in [-0.1, -0.05) is 6.92 Å². The molecule has 3 aliphatic rings. The van der Waals surface area contributed by atoms with Crippen LogP contribution >= 0.6 is 0 Å². The van der Waals surface area contributed by atoms with Crippen molar-refractivity contribution in [2.75, 3.05) is 0 Å². The molecule has 110 valence electrons. The first-order chi connectivity index (χ1) is 9.83. The lowest BCUT2D eigenvalue weighted by molar-refractivity contribution is 0.358. The summed E-state index contributed by atoms with van der Waals surface area (Å²) in [5, 5.41) is 0. The van der Waals surface area contributed by atoms with Crippen molar-refractivity contribution >= 4 is 0 Å². The molecule has 20 heavy (non-hydrogen) atoms. The van der Waals surface area contributed by atoms with Gasteiger partial charge in [0.1, 0.15) is 5.82 Å². The van der Waals surface area contributed by atoms with E-state index in [1.165, 1.54) is 25.1 Å². The van der Waals surface area contributed by atoms with Crippen LogP contribution in [0.3, 0.4) is 0 Å². The summed E-state index contributed by atoms with van der Waals surface area (Å²) in [6.07, 6.45) is 10.6. The summed E-state index contributed by atoms with van der Waals surface area (Å²) in [4.78, 5) is 4.55. The van der Waals surface area contributed by atoms with E-state index in [4.69, 9.17) is 5.84 Å². The van der Waals surface area contributed by atoms with Gasteiger partial charge in [0.05, 0.1) is 0 Å². The number of hydrogen-bond acceptors (Lipinski definition) is 3. The number of nitrogens with one attached hydrogen (secondary N) is 1. The minimum Gasteiger partial charge on any atom is -0.335 e. The Balaban J connectivity index is 1.46. The Kier molecular flexibility index (Phi) is 3.11. The fourth-order valence-electron chi connectivity index (χ4n) is 5.41. The van der Waals surface area contributed by atoms with Crippen molar-refractivity contribution in [2.24, 2.45) is 35.4 Å². The fourth-order valence-corrected chi connectivity index (χ4v) is 5.41. The second-order valence-electron chi connectivity index (χ2n) is 7.08. The highest BCUT2D eigenvalue weighted by atomic mass is 15.2. The van der Waals surface area contributed by atoms with Crippen LogP contribution in [0.25, 0.3) is 0 Å². The van der Waals surface area contributed by atoms with Crippen molar-refractivity contribution < 1.29 is 0 Å². The van der Waals surface area contributed by atoms with E-state index in [2.05, 4.69) is 28.1 Å². The maximum Gasteiger partial charge on any atom is 0.110 e. The minimum atomic E-state index is 0.423. The third kappa shape index (κ3) is 1.85. The Morgan fingerprint density at radius 2 is 2.15 bits per heavy atom. The highest BCUT2D eigenvalue weighted by Gasteiger charge is 2.66. The summed E-state index contributed by atoms with van der Waals surface area (Å²) in [6, 6.07) is 0.423. The van der Waals surface area contributed by atoms with Crippen LogP contribution in [0.1, 0.15) is 38.4 Å². The van der Waals surface area contributed by atoms with E-state index in [1.54, 1.807) is 0 Å². The molecule has 1 heterocycles. The number of aromatic nitrogens is 2. The molecule has 4 heteroatoms. The molecule has 3 saturated carbocycles. The van der Waals surface area contributed by atoms with Gasteiger partial charge in [-0.15, -0.1) is 0 Å². The molecule has 3 N–H and O–H groups in total. The normalized spacial score (nSPS) is 39.0. The van der Waals surface area contributed by atoms with Crippen LogP contribution in [-0.4, -0.2) is 15.6 Å². The topological polar surface area (TPSA) is 55.9 Å². The van der Waals surface area contributed by atoms with E-state index >= 15 is 0 Å². The summed E-state index contributed by atoms with van der Waals surface area (Å²) < 4.78 is 2.29. The summed E-state index contributed by atoms with van der Waals surface area (Å²) in [5.41, 5.74) is 3.12. The molecule has 0 radical (unpaired) electrons. The molecule has 0 aliphatic heterocycles. The molecule has 3 aliphatic carbocycles. The number of aryl methyl sites for hydroxylation is 1. The van der Waals surface area contributed by atoms with Crippen molar-refractivity contribution in [1.29, 1.82) is 0 Å². The molecule has 1 aromatic rings. The van der Waals surface area contributed by atoms with Crippen LogP contribution in [0.4, 0.5) is 0 Å². The van der Waals surface area contributed by atoms with Gasteiger partial charge in [0, 0.05) is 31.4 Å². The van der Waals surface area contributed by atoms with Gasteiger partial charge < -0.3 is 4.57 Å². The molecule has 0 amide bonds. The Morgan fingerprint density at radius 1 is 1.40 bits per heavy atom. The zero-order valence-corrected chi connectivity index (χ0v) is 12.3. The smallest absolute Gasteiger partial charge is 0.110 e. The summed E-state index contributed by atoms with van der Waals surface area (Å²) >= 11 is 0. The average molecular weight is 274 g/mol. The molecule has 0 saturated heterocycles. The van der Waals surface area contributed by atoms with Gasteiger partial charge in [-0.25, -0.2) is 4.98 Å². The van der Waals surface area contributed by atoms with Crippen LogP contribution in [-0.2, 0) is 13.0 Å². The van der Waals surface area contributed by atoms with Crippen LogP contribution in [0, 0.1) is 29.6 Å². The molecule has 5 unspecified atom stereocenters. The second kappa shape index (κ2) is 4.85. The number of rotatable bonds is 6. The van der Waals surface area contributed by atoms with Crippen LogP contribution in [0.15, 0.2) is 12.4 Å². The summed E-state index contributed by atoms with van der Waals surface area (Å²) in [5.74, 6) is 11.9. The monoisotopic (exact) mass is 274 g/mol. The molecular formula is C16H26N4. The maximum atomic E-state index is 5.88. The van der Waals surface area contributed by atoms with Crippen molar-refractivity contribution in [3.8, 4) is 0 Å². The predicted molar refractivity (Wildman–Crippen MR) is 78.6 cm³/mol. The molecule has 2 bridgehead atoms. The van der Waals surface area contributed by atoms with Crippen molar-refractivity contribution in [2.45, 2.75) is 51.6 Å². The van der Waals surface area contributed by atoms with Crippen molar-refractivity contribution in [1.82, 2.24) is 15.0 Å². The first-order valence-corrected chi connectivity index (χ1v) is 8.29. The van der Waals surface area contributed by atoms with Gasteiger partial charge in [0.25, 0.3) is 0 Å². The Bertz CT molecular complexity index is 467. The second-order valence-corrected chi connectivity index (χ2v) is 7.08. The number of nitrogens with zero attached hydrogens (tertiary/aromatic N) is 2. The number of hydrogen-bond donors (Lipinski definition) is 2. The molecule has 0 aromatic carbocycles. The zero-order chi connectivity index (χ0) is 13.7. The molecule has 5 atom stereocenters. The van der Waals surface area contributed by atoms with E-state index in [1.807, 2.05) is 6.20 Å². The zero-order valence-electron chi connectivity index (χ0n) is 12.3. The molecule has 4 nitrogen and oxygen atoms in total. The standard InChI is InChI=1S/C16H26N4/c1-2-6-20-7-5-18-13(20)9-12(19-17)16-14-10-3-4-11(8-10)15(14)16/h5,7,10-12,14-16,19H,2-4,6,8-9,17H2,1H3. The Morgan fingerprint density at radius 3 is 2.80 bits per heavy atom. The van der Waals surface area contributed by atoms with E-state index < -0.39 is 0 Å². The summed E-state index contributed by atoms with van der Waals surface area (Å²) in [6.45, 7) is 3.28. The Labute approximate surface area is 121 Å². The lowest BCUT2D eigenvalue weighted by Crippen LogP contribution is -2.40. The first kappa shape index (κ1) is 12.8. The van der Waals surface area contributed by atoms with Gasteiger partial charge in [-0.05, 0) is 55.3 Å². The first-order valence-electron chi connectivity index (χ1n) is 8.29. The Hall–Kier alpha value is -0.870. The molecule has 4 rings (SSSR count). The third-order valence-corrected chi connectivity index (χ3v) is 6.14. The lowest BCUT2D eigenvalue weighted by atomic mass is 9.96. The van der Waals surface area contributed by atoms with Gasteiger partial charge in [0.15, 0.2) is 0 Å². The lowest BCUT2D eigenvalue weighted by Gasteiger charge is -2.20. The number of hydrazine groups is 1. The number of nitrogens with two attached hydrogens (primary N) is 1. The number of fused-ring (bicyclic) bond motifs is 5. The van der Waals surface area contributed by atoms with E-state index in [-0.39, 0.29) is 0 Å². The van der Waals surface area contributed by atoms with Crippen molar-refractivity contribution in [3.63, 3.8) is 0 Å². The van der Waals surface area contributed by atoms with E-state index in [0.29, 0.717) is 6.04 Å². The quantitative estimate of drug-likeness (QED) is 0.616. The SMILES string of the molecule is CCCn1ccnc1CC(NN)C1C2C3CCC(C3)C21. The van der Waals surface area contributed by atoms with Crippen LogP contribution in [0.5, 0.6) is 0 Å². The molecule has 3 fully saturated rings. The van der Waals surface area contributed by atoms with E-state index in [9.17, 15) is 0 Å². The van der Waals surface area contributed by atoms with Gasteiger partial charge in [-0.3, -0.25) is 11.3 Å². The molecule has 0 spiro atoms. The van der Waals surface area contributed by atoms with Gasteiger partial charge in [-0.2, -0.15) is 0 Å².